The summed E-state index contributed by atoms with van der Waals surface area (Å²) in [5.74, 6) is 0. The van der Waals surface area contributed by atoms with Crippen LogP contribution in [0.3, 0.4) is 0 Å². The molecule has 1 aliphatic rings. The van der Waals surface area contributed by atoms with E-state index in [9.17, 15) is 13.2 Å². The Bertz CT molecular complexity index is 608. The summed E-state index contributed by atoms with van der Waals surface area (Å²) < 4.78 is 51.1. The van der Waals surface area contributed by atoms with E-state index in [1.807, 2.05) is 27.7 Å². The third-order valence-electron chi connectivity index (χ3n) is 4.51. The van der Waals surface area contributed by atoms with E-state index in [-0.39, 0.29) is 12.1 Å². The van der Waals surface area contributed by atoms with Crippen LogP contribution >= 0.6 is 0 Å². The molecule has 0 aromatic heterocycles. The summed E-state index contributed by atoms with van der Waals surface area (Å²) in [7, 11) is -0.625. The second kappa shape index (κ2) is 6.39. The van der Waals surface area contributed by atoms with Crippen LogP contribution in [0.2, 0.25) is 0 Å². The van der Waals surface area contributed by atoms with Gasteiger partial charge in [0.05, 0.1) is 23.8 Å². The maximum Gasteiger partial charge on any atom is 0.494 e. The quantitative estimate of drug-likeness (QED) is 0.676. The topological polar surface area (TPSA) is 54.3 Å². The molecule has 8 heteroatoms. The highest BCUT2D eigenvalue weighted by molar-refractivity contribution is 6.62. The normalized spacial score (nSPS) is 20.7. The van der Waals surface area contributed by atoms with Gasteiger partial charge in [-0.25, -0.2) is 0 Å². The lowest BCUT2D eigenvalue weighted by molar-refractivity contribution is -0.157. The van der Waals surface area contributed by atoms with Crippen LogP contribution in [0.4, 0.5) is 13.2 Å². The third kappa shape index (κ3) is 3.74. The van der Waals surface area contributed by atoms with Gasteiger partial charge in [-0.2, -0.15) is 18.4 Å². The number of halogens is 3. The number of nitrogens with zero attached hydrogens (tertiary/aromatic N) is 1. The predicted octanol–water partition coefficient (Wildman–Crippen LogP) is 2.70. The van der Waals surface area contributed by atoms with E-state index in [2.05, 4.69) is 5.32 Å². The summed E-state index contributed by atoms with van der Waals surface area (Å²) in [4.78, 5) is 0. The van der Waals surface area contributed by atoms with E-state index in [1.54, 1.807) is 18.2 Å². The Morgan fingerprint density at radius 3 is 2.04 bits per heavy atom. The molecule has 2 rings (SSSR count). The summed E-state index contributed by atoms with van der Waals surface area (Å²) in [5, 5.41) is 10.7. The SMILES string of the molecule is CC1(C)OB(c2ccc([C@H](NCC#N)C(F)(F)F)cc2)OC1(C)C. The predicted molar refractivity (Wildman–Crippen MR) is 84.6 cm³/mol. The Labute approximate surface area is 140 Å². The van der Waals surface area contributed by atoms with Gasteiger partial charge >= 0.3 is 13.3 Å². The maximum absolute atomic E-state index is 13.1. The highest BCUT2D eigenvalue weighted by Gasteiger charge is 2.51. The van der Waals surface area contributed by atoms with Crippen molar-refractivity contribution in [2.24, 2.45) is 0 Å². The largest absolute Gasteiger partial charge is 0.494 e. The Hall–Kier alpha value is -1.56. The molecule has 1 saturated heterocycles. The zero-order valence-electron chi connectivity index (χ0n) is 14.1. The number of hydrogen-bond donors (Lipinski definition) is 1. The number of nitrogens with one attached hydrogen (secondary N) is 1. The molecule has 1 N–H and O–H groups in total. The van der Waals surface area contributed by atoms with Crippen LogP contribution in [0.15, 0.2) is 24.3 Å². The Morgan fingerprint density at radius 1 is 1.12 bits per heavy atom. The first kappa shape index (κ1) is 18.8. The minimum absolute atomic E-state index is 0.0398. The van der Waals surface area contributed by atoms with Crippen molar-refractivity contribution in [3.05, 3.63) is 29.8 Å². The van der Waals surface area contributed by atoms with Crippen molar-refractivity contribution >= 4 is 12.6 Å². The number of benzene rings is 1. The molecule has 1 atom stereocenters. The number of hydrogen-bond acceptors (Lipinski definition) is 4. The second-order valence-corrected chi connectivity index (χ2v) is 6.77. The molecule has 1 aromatic carbocycles. The Balaban J connectivity index is 2.20. The minimum Gasteiger partial charge on any atom is -0.399 e. The molecule has 0 saturated carbocycles. The van der Waals surface area contributed by atoms with Crippen molar-refractivity contribution in [2.45, 2.75) is 51.1 Å². The van der Waals surface area contributed by atoms with E-state index in [0.29, 0.717) is 5.46 Å². The number of rotatable bonds is 4. The summed E-state index contributed by atoms with van der Waals surface area (Å²) in [6.45, 7) is 7.25. The molecular formula is C16H20BF3N2O2. The molecule has 0 radical (unpaired) electrons. The van der Waals surface area contributed by atoms with Gasteiger partial charge in [0.1, 0.15) is 6.04 Å². The van der Waals surface area contributed by atoms with Crippen molar-refractivity contribution in [1.82, 2.24) is 5.32 Å². The average molecular weight is 340 g/mol. The Morgan fingerprint density at radius 2 is 1.62 bits per heavy atom. The number of alkyl halides is 3. The van der Waals surface area contributed by atoms with Crippen molar-refractivity contribution < 1.29 is 22.5 Å². The molecule has 0 unspecified atom stereocenters. The van der Waals surface area contributed by atoms with E-state index in [1.165, 1.54) is 12.1 Å². The minimum atomic E-state index is -4.48. The molecule has 0 spiro atoms. The highest BCUT2D eigenvalue weighted by atomic mass is 19.4. The average Bonchev–Trinajstić information content (AvgIpc) is 2.67. The van der Waals surface area contributed by atoms with Gasteiger partial charge in [0.25, 0.3) is 0 Å². The first-order valence-electron chi connectivity index (χ1n) is 7.60. The fourth-order valence-electron chi connectivity index (χ4n) is 2.40. The van der Waals surface area contributed by atoms with Gasteiger partial charge in [-0.3, -0.25) is 5.32 Å². The van der Waals surface area contributed by atoms with Crippen LogP contribution in [0, 0.1) is 11.3 Å². The highest BCUT2D eigenvalue weighted by Crippen LogP contribution is 2.37. The van der Waals surface area contributed by atoms with Crippen LogP contribution in [0.25, 0.3) is 0 Å². The van der Waals surface area contributed by atoms with Crippen LogP contribution in [0.5, 0.6) is 0 Å². The fourth-order valence-corrected chi connectivity index (χ4v) is 2.40. The first-order valence-corrected chi connectivity index (χ1v) is 7.60. The lowest BCUT2D eigenvalue weighted by atomic mass is 9.78. The smallest absolute Gasteiger partial charge is 0.399 e. The van der Waals surface area contributed by atoms with Gasteiger partial charge < -0.3 is 9.31 Å². The summed E-state index contributed by atoms with van der Waals surface area (Å²) in [6.07, 6.45) is -4.48. The maximum atomic E-state index is 13.1. The molecule has 1 aliphatic heterocycles. The summed E-state index contributed by atoms with van der Waals surface area (Å²) >= 11 is 0. The molecule has 24 heavy (non-hydrogen) atoms. The van der Waals surface area contributed by atoms with Crippen molar-refractivity contribution in [3.63, 3.8) is 0 Å². The molecule has 4 nitrogen and oxygen atoms in total. The molecule has 0 bridgehead atoms. The fraction of sp³-hybridized carbons (Fsp3) is 0.562. The van der Waals surface area contributed by atoms with Crippen molar-refractivity contribution in [2.75, 3.05) is 6.54 Å². The van der Waals surface area contributed by atoms with Crippen LogP contribution in [-0.2, 0) is 9.31 Å². The summed E-state index contributed by atoms with van der Waals surface area (Å²) in [5.41, 5.74) is -0.338. The van der Waals surface area contributed by atoms with Gasteiger partial charge in [-0.1, -0.05) is 24.3 Å². The molecule has 130 valence electrons. The second-order valence-electron chi connectivity index (χ2n) is 6.77. The van der Waals surface area contributed by atoms with E-state index < -0.39 is 30.5 Å². The lowest BCUT2D eigenvalue weighted by Gasteiger charge is -2.32. The van der Waals surface area contributed by atoms with E-state index in [0.717, 1.165) is 0 Å². The van der Waals surface area contributed by atoms with Crippen molar-refractivity contribution in [3.8, 4) is 6.07 Å². The van der Waals surface area contributed by atoms with Gasteiger partial charge in [0, 0.05) is 0 Å². The lowest BCUT2D eigenvalue weighted by Crippen LogP contribution is -2.41. The first-order chi connectivity index (χ1) is 11.0. The molecule has 1 aromatic rings. The Kier molecular flexibility index (Phi) is 5.00. The van der Waals surface area contributed by atoms with Crippen LogP contribution in [0.1, 0.15) is 39.3 Å². The van der Waals surface area contributed by atoms with E-state index in [4.69, 9.17) is 14.6 Å². The third-order valence-corrected chi connectivity index (χ3v) is 4.51. The number of nitriles is 1. The zero-order chi connectivity index (χ0) is 18.2. The molecular weight excluding hydrogens is 320 g/mol. The van der Waals surface area contributed by atoms with Gasteiger partial charge in [-0.15, -0.1) is 0 Å². The van der Waals surface area contributed by atoms with Crippen LogP contribution < -0.4 is 10.8 Å². The monoisotopic (exact) mass is 340 g/mol. The van der Waals surface area contributed by atoms with Crippen LogP contribution in [-0.4, -0.2) is 31.0 Å². The summed E-state index contributed by atoms with van der Waals surface area (Å²) in [6, 6.07) is 5.65. The zero-order valence-corrected chi connectivity index (χ0v) is 14.1. The van der Waals surface area contributed by atoms with Gasteiger partial charge in [-0.05, 0) is 38.7 Å². The molecule has 0 amide bonds. The molecule has 1 heterocycles. The molecule has 0 aliphatic carbocycles. The van der Waals surface area contributed by atoms with Gasteiger partial charge in [0.2, 0.25) is 0 Å². The van der Waals surface area contributed by atoms with Crippen molar-refractivity contribution in [1.29, 1.82) is 5.26 Å². The molecule has 1 fully saturated rings. The standard InChI is InChI=1S/C16H20BF3N2O2/c1-14(2)15(3,4)24-17(23-14)12-7-5-11(6-8-12)13(16(18,19)20)22-10-9-21/h5-8,13,22H,10H2,1-4H3/t13-/m0/s1. The van der Waals surface area contributed by atoms with E-state index >= 15 is 0 Å². The van der Waals surface area contributed by atoms with Gasteiger partial charge in [0.15, 0.2) is 0 Å².